The zero-order chi connectivity index (χ0) is 16.5. The van der Waals surface area contributed by atoms with Gasteiger partial charge in [-0.1, -0.05) is 17.3 Å². The second-order valence-corrected chi connectivity index (χ2v) is 6.13. The molecule has 24 heavy (non-hydrogen) atoms. The number of aromatic nitrogens is 4. The minimum absolute atomic E-state index is 0.00625. The summed E-state index contributed by atoms with van der Waals surface area (Å²) in [7, 11) is 0. The highest BCUT2D eigenvalue weighted by Gasteiger charge is 2.29. The van der Waals surface area contributed by atoms with Crippen molar-refractivity contribution in [3.05, 3.63) is 52.7 Å². The van der Waals surface area contributed by atoms with E-state index in [4.69, 9.17) is 4.52 Å². The molecule has 1 aliphatic heterocycles. The van der Waals surface area contributed by atoms with E-state index in [1.807, 2.05) is 24.3 Å². The first-order valence-corrected chi connectivity index (χ1v) is 8.21. The smallest absolute Gasteiger partial charge is 0.261 e. The van der Waals surface area contributed by atoms with Crippen LogP contribution >= 0.6 is 0 Å². The number of nitrogens with zero attached hydrogens (tertiary/aromatic N) is 5. The zero-order valence-corrected chi connectivity index (χ0v) is 13.6. The Morgan fingerprint density at radius 3 is 3.00 bits per heavy atom. The van der Waals surface area contributed by atoms with Crippen LogP contribution in [0.3, 0.4) is 0 Å². The molecule has 0 bridgehead atoms. The normalized spacial score (nSPS) is 18.5. The van der Waals surface area contributed by atoms with E-state index in [1.54, 1.807) is 17.8 Å². The van der Waals surface area contributed by atoms with Gasteiger partial charge < -0.3 is 4.52 Å². The highest BCUT2D eigenvalue weighted by atomic mass is 16.5. The van der Waals surface area contributed by atoms with Crippen LogP contribution in [0.2, 0.25) is 0 Å². The molecule has 3 aromatic rings. The average Bonchev–Trinajstić information content (AvgIpc) is 3.23. The van der Waals surface area contributed by atoms with Gasteiger partial charge in [-0.3, -0.25) is 14.3 Å². The molecule has 0 radical (unpaired) electrons. The Bertz CT molecular complexity index is 916. The second kappa shape index (κ2) is 6.16. The maximum atomic E-state index is 12.6. The summed E-state index contributed by atoms with van der Waals surface area (Å²) in [6.45, 7) is 4.15. The molecule has 0 N–H and O–H groups in total. The highest BCUT2D eigenvalue weighted by Crippen LogP contribution is 2.29. The summed E-state index contributed by atoms with van der Waals surface area (Å²) in [4.78, 5) is 23.6. The van der Waals surface area contributed by atoms with Crippen molar-refractivity contribution < 1.29 is 4.52 Å². The lowest BCUT2D eigenvalue weighted by Crippen LogP contribution is -2.31. The lowest BCUT2D eigenvalue weighted by atomic mass is 10.2. The zero-order valence-electron chi connectivity index (χ0n) is 13.6. The van der Waals surface area contributed by atoms with Crippen molar-refractivity contribution in [1.82, 2.24) is 24.6 Å². The van der Waals surface area contributed by atoms with Crippen LogP contribution in [0.25, 0.3) is 10.9 Å². The summed E-state index contributed by atoms with van der Waals surface area (Å²) in [6, 6.07) is 7.61. The first kappa shape index (κ1) is 15.0. The van der Waals surface area contributed by atoms with Gasteiger partial charge in [-0.2, -0.15) is 4.98 Å². The van der Waals surface area contributed by atoms with Crippen molar-refractivity contribution in [2.45, 2.75) is 32.4 Å². The third-order valence-electron chi connectivity index (χ3n) is 4.56. The Kier molecular flexibility index (Phi) is 3.86. The SMILES string of the molecule is Cc1nc([C@@H]2CCCN2CCn2cnc3ccccc3c2=O)no1. The van der Waals surface area contributed by atoms with E-state index in [1.165, 1.54) is 0 Å². The number of aryl methyl sites for hydroxylation is 1. The largest absolute Gasteiger partial charge is 0.340 e. The second-order valence-electron chi connectivity index (χ2n) is 6.13. The maximum Gasteiger partial charge on any atom is 0.261 e. The maximum absolute atomic E-state index is 12.6. The number of hydrogen-bond acceptors (Lipinski definition) is 6. The standard InChI is InChI=1S/C17H19N5O2/c1-12-19-16(20-24-12)15-7-4-8-21(15)9-10-22-11-18-14-6-3-2-5-13(14)17(22)23/h2-3,5-6,11,15H,4,7-10H2,1H3/t15-/m0/s1. The molecule has 124 valence electrons. The van der Waals surface area contributed by atoms with Gasteiger partial charge in [0, 0.05) is 20.0 Å². The lowest BCUT2D eigenvalue weighted by Gasteiger charge is -2.22. The van der Waals surface area contributed by atoms with Crippen molar-refractivity contribution in [2.24, 2.45) is 0 Å². The predicted molar refractivity (Wildman–Crippen MR) is 88.6 cm³/mol. The minimum atomic E-state index is 0.00625. The van der Waals surface area contributed by atoms with Crippen LogP contribution in [-0.4, -0.2) is 37.7 Å². The Morgan fingerprint density at radius 2 is 2.17 bits per heavy atom. The molecular formula is C17H19N5O2. The number of benzene rings is 1. The van der Waals surface area contributed by atoms with Crippen molar-refractivity contribution in [2.75, 3.05) is 13.1 Å². The van der Waals surface area contributed by atoms with E-state index in [0.717, 1.165) is 37.3 Å². The fraction of sp³-hybridized carbons (Fsp3) is 0.412. The molecule has 7 heteroatoms. The van der Waals surface area contributed by atoms with Gasteiger partial charge in [0.2, 0.25) is 5.89 Å². The quantitative estimate of drug-likeness (QED) is 0.729. The van der Waals surface area contributed by atoms with Crippen LogP contribution in [0.15, 0.2) is 39.9 Å². The van der Waals surface area contributed by atoms with Crippen molar-refractivity contribution in [3.63, 3.8) is 0 Å². The molecule has 1 fully saturated rings. The molecule has 1 saturated heterocycles. The summed E-state index contributed by atoms with van der Waals surface area (Å²) in [5, 5.41) is 4.71. The van der Waals surface area contributed by atoms with Crippen LogP contribution < -0.4 is 5.56 Å². The molecular weight excluding hydrogens is 306 g/mol. The van der Waals surface area contributed by atoms with Gasteiger partial charge in [0.1, 0.15) is 0 Å². The summed E-state index contributed by atoms with van der Waals surface area (Å²) < 4.78 is 6.78. The summed E-state index contributed by atoms with van der Waals surface area (Å²) in [6.07, 6.45) is 3.75. The monoisotopic (exact) mass is 325 g/mol. The van der Waals surface area contributed by atoms with Gasteiger partial charge in [-0.25, -0.2) is 4.98 Å². The van der Waals surface area contributed by atoms with E-state index >= 15 is 0 Å². The molecule has 1 aromatic carbocycles. The number of rotatable bonds is 4. The third-order valence-corrected chi connectivity index (χ3v) is 4.56. The number of para-hydroxylation sites is 1. The lowest BCUT2D eigenvalue weighted by molar-refractivity contribution is 0.232. The molecule has 0 unspecified atom stereocenters. The van der Waals surface area contributed by atoms with Crippen molar-refractivity contribution in [3.8, 4) is 0 Å². The summed E-state index contributed by atoms with van der Waals surface area (Å²) in [5.74, 6) is 1.33. The fourth-order valence-electron chi connectivity index (χ4n) is 3.34. The van der Waals surface area contributed by atoms with Crippen LogP contribution in [0.1, 0.15) is 30.6 Å². The third kappa shape index (κ3) is 2.71. The Hall–Kier alpha value is -2.54. The molecule has 3 heterocycles. The summed E-state index contributed by atoms with van der Waals surface area (Å²) >= 11 is 0. The van der Waals surface area contributed by atoms with Crippen molar-refractivity contribution >= 4 is 10.9 Å². The van der Waals surface area contributed by atoms with Crippen LogP contribution in [0.5, 0.6) is 0 Å². The molecule has 7 nitrogen and oxygen atoms in total. The molecule has 0 saturated carbocycles. The molecule has 1 atom stereocenters. The van der Waals surface area contributed by atoms with Crippen LogP contribution in [0.4, 0.5) is 0 Å². The van der Waals surface area contributed by atoms with Crippen LogP contribution in [0, 0.1) is 6.92 Å². The molecule has 0 aliphatic carbocycles. The topological polar surface area (TPSA) is 77.1 Å². The van der Waals surface area contributed by atoms with Gasteiger partial charge in [-0.05, 0) is 31.5 Å². The van der Waals surface area contributed by atoms with Crippen LogP contribution in [-0.2, 0) is 6.54 Å². The molecule has 1 aliphatic rings. The summed E-state index contributed by atoms with van der Waals surface area (Å²) in [5.41, 5.74) is 0.742. The first-order chi connectivity index (χ1) is 11.7. The van der Waals surface area contributed by atoms with E-state index in [2.05, 4.69) is 20.0 Å². The van der Waals surface area contributed by atoms with Gasteiger partial charge >= 0.3 is 0 Å². The minimum Gasteiger partial charge on any atom is -0.340 e. The first-order valence-electron chi connectivity index (χ1n) is 8.21. The Balaban J connectivity index is 1.52. The number of hydrogen-bond donors (Lipinski definition) is 0. The predicted octanol–water partition coefficient (Wildman–Crippen LogP) is 1.93. The average molecular weight is 325 g/mol. The van der Waals surface area contributed by atoms with Gasteiger partial charge in [0.25, 0.3) is 5.56 Å². The van der Waals surface area contributed by atoms with Crippen molar-refractivity contribution in [1.29, 1.82) is 0 Å². The Morgan fingerprint density at radius 1 is 1.29 bits per heavy atom. The molecule has 0 amide bonds. The van der Waals surface area contributed by atoms with E-state index in [9.17, 15) is 4.79 Å². The number of likely N-dealkylation sites (tertiary alicyclic amines) is 1. The van der Waals surface area contributed by atoms with E-state index in [-0.39, 0.29) is 11.6 Å². The highest BCUT2D eigenvalue weighted by molar-refractivity contribution is 5.76. The Labute approximate surface area is 138 Å². The molecule has 2 aromatic heterocycles. The van der Waals surface area contributed by atoms with Gasteiger partial charge in [0.05, 0.1) is 23.3 Å². The molecule has 0 spiro atoms. The molecule has 4 rings (SSSR count). The van der Waals surface area contributed by atoms with E-state index in [0.29, 0.717) is 17.8 Å². The number of fused-ring (bicyclic) bond motifs is 1. The van der Waals surface area contributed by atoms with E-state index < -0.39 is 0 Å². The van der Waals surface area contributed by atoms with Gasteiger partial charge in [-0.15, -0.1) is 0 Å². The van der Waals surface area contributed by atoms with Gasteiger partial charge in [0.15, 0.2) is 5.82 Å². The fourth-order valence-corrected chi connectivity index (χ4v) is 3.34.